The zero-order valence-corrected chi connectivity index (χ0v) is 15.7. The number of nitrogens with zero attached hydrogens (tertiary/aromatic N) is 2. The Kier molecular flexibility index (Phi) is 5.47. The number of ether oxygens (including phenoxy) is 1. The number of amides is 1. The maximum atomic E-state index is 12.9. The van der Waals surface area contributed by atoms with Gasteiger partial charge in [-0.3, -0.25) is 4.79 Å². The topological polar surface area (TPSA) is 44.8 Å². The minimum Gasteiger partial charge on any atom is -0.478 e. The second-order valence-electron chi connectivity index (χ2n) is 7.19. The van der Waals surface area contributed by atoms with Crippen LogP contribution in [-0.2, 0) is 4.79 Å². The summed E-state index contributed by atoms with van der Waals surface area (Å²) in [5, 5.41) is 3.06. The van der Waals surface area contributed by atoms with Crippen molar-refractivity contribution in [2.24, 2.45) is 0 Å². The number of likely N-dealkylation sites (N-methyl/N-ethyl adjacent to an activating group) is 1. The van der Waals surface area contributed by atoms with Crippen LogP contribution in [0, 0.1) is 0 Å². The Morgan fingerprint density at radius 1 is 0.962 bits per heavy atom. The van der Waals surface area contributed by atoms with Crippen LogP contribution in [0.2, 0.25) is 0 Å². The number of hydrogen-bond acceptors (Lipinski definition) is 4. The van der Waals surface area contributed by atoms with Crippen LogP contribution < -0.4 is 15.0 Å². The summed E-state index contributed by atoms with van der Waals surface area (Å²) in [4.78, 5) is 17.5. The number of carbonyl (C=O) groups excluding carboxylic acids is 1. The maximum absolute atomic E-state index is 12.9. The molecule has 138 valence electrons. The predicted molar refractivity (Wildman–Crippen MR) is 106 cm³/mol. The molecule has 1 amide bonds. The summed E-state index contributed by atoms with van der Waals surface area (Å²) in [5.74, 6) is 0.517. The number of rotatable bonds is 5. The van der Waals surface area contributed by atoms with E-state index in [9.17, 15) is 4.79 Å². The van der Waals surface area contributed by atoms with E-state index >= 15 is 0 Å². The quantitative estimate of drug-likeness (QED) is 0.896. The lowest BCUT2D eigenvalue weighted by Crippen LogP contribution is -2.45. The fourth-order valence-electron chi connectivity index (χ4n) is 3.00. The van der Waals surface area contributed by atoms with Crippen molar-refractivity contribution in [2.75, 3.05) is 43.4 Å². The molecule has 0 radical (unpaired) electrons. The highest BCUT2D eigenvalue weighted by Crippen LogP contribution is 2.28. The van der Waals surface area contributed by atoms with Gasteiger partial charge in [-0.1, -0.05) is 30.3 Å². The number of anilines is 2. The molecule has 0 unspecified atom stereocenters. The van der Waals surface area contributed by atoms with Crippen molar-refractivity contribution in [1.82, 2.24) is 4.90 Å². The number of nitrogens with one attached hydrogen (secondary N) is 1. The average Bonchev–Trinajstić information content (AvgIpc) is 2.63. The van der Waals surface area contributed by atoms with E-state index in [4.69, 9.17) is 4.74 Å². The largest absolute Gasteiger partial charge is 0.478 e. The van der Waals surface area contributed by atoms with Gasteiger partial charge >= 0.3 is 0 Å². The first-order valence-electron chi connectivity index (χ1n) is 9.04. The molecule has 0 atom stereocenters. The molecule has 2 aromatic rings. The molecule has 5 heteroatoms. The van der Waals surface area contributed by atoms with Crippen molar-refractivity contribution in [1.29, 1.82) is 0 Å². The third kappa shape index (κ3) is 4.35. The molecule has 0 aromatic heterocycles. The van der Waals surface area contributed by atoms with Crippen LogP contribution in [0.25, 0.3) is 0 Å². The van der Waals surface area contributed by atoms with Gasteiger partial charge in [0.25, 0.3) is 5.91 Å². The molecule has 1 heterocycles. The fraction of sp³-hybridized carbons (Fsp3) is 0.381. The summed E-state index contributed by atoms with van der Waals surface area (Å²) in [6.45, 7) is 7.51. The van der Waals surface area contributed by atoms with Crippen molar-refractivity contribution >= 4 is 17.3 Å². The van der Waals surface area contributed by atoms with E-state index in [1.165, 1.54) is 0 Å². The van der Waals surface area contributed by atoms with Gasteiger partial charge in [0.1, 0.15) is 5.75 Å². The minimum absolute atomic E-state index is 0.164. The third-order valence-corrected chi connectivity index (χ3v) is 4.66. The van der Waals surface area contributed by atoms with E-state index in [0.717, 1.165) is 37.6 Å². The van der Waals surface area contributed by atoms with Crippen molar-refractivity contribution in [3.63, 3.8) is 0 Å². The number of hydrogen-bond donors (Lipinski definition) is 1. The van der Waals surface area contributed by atoms with Gasteiger partial charge in [-0.2, -0.15) is 0 Å². The number of para-hydroxylation sites is 3. The van der Waals surface area contributed by atoms with Gasteiger partial charge in [0, 0.05) is 26.2 Å². The molecule has 1 N–H and O–H groups in total. The predicted octanol–water partition coefficient (Wildman–Crippen LogP) is 3.23. The first-order chi connectivity index (χ1) is 12.5. The summed E-state index contributed by atoms with van der Waals surface area (Å²) >= 11 is 0. The average molecular weight is 353 g/mol. The Balaban J connectivity index is 1.73. The van der Waals surface area contributed by atoms with Gasteiger partial charge < -0.3 is 19.9 Å². The van der Waals surface area contributed by atoms with E-state index in [-0.39, 0.29) is 5.91 Å². The van der Waals surface area contributed by atoms with Gasteiger partial charge in [0.05, 0.1) is 11.4 Å². The summed E-state index contributed by atoms with van der Waals surface area (Å²) in [5.41, 5.74) is 0.910. The van der Waals surface area contributed by atoms with Gasteiger partial charge in [-0.05, 0) is 45.2 Å². The Bertz CT molecular complexity index is 738. The standard InChI is InChI=1S/C21H27N3O2/c1-21(2,26-17-9-5-4-6-10-17)20(25)22-18-11-7-8-12-19(18)24-15-13-23(3)14-16-24/h4-12H,13-16H2,1-3H3,(H,22,25). The second-order valence-corrected chi connectivity index (χ2v) is 7.19. The number of piperazine rings is 1. The molecule has 1 aliphatic rings. The first kappa shape index (κ1) is 18.3. The summed E-state index contributed by atoms with van der Waals surface area (Å²) < 4.78 is 5.90. The molecule has 0 saturated carbocycles. The highest BCUT2D eigenvalue weighted by atomic mass is 16.5. The van der Waals surface area contributed by atoms with Crippen LogP contribution in [0.3, 0.4) is 0 Å². The van der Waals surface area contributed by atoms with E-state index in [1.54, 1.807) is 13.8 Å². The molecule has 1 fully saturated rings. The lowest BCUT2D eigenvalue weighted by atomic mass is 10.1. The van der Waals surface area contributed by atoms with Crippen molar-refractivity contribution in [3.8, 4) is 5.75 Å². The molecular formula is C21H27N3O2. The summed E-state index contributed by atoms with van der Waals surface area (Å²) in [6, 6.07) is 17.4. The zero-order valence-electron chi connectivity index (χ0n) is 15.7. The molecule has 1 aliphatic heterocycles. The minimum atomic E-state index is -0.976. The lowest BCUT2D eigenvalue weighted by Gasteiger charge is -2.35. The molecule has 1 saturated heterocycles. The molecule has 2 aromatic carbocycles. The van der Waals surface area contributed by atoms with Crippen LogP contribution >= 0.6 is 0 Å². The maximum Gasteiger partial charge on any atom is 0.268 e. The van der Waals surface area contributed by atoms with E-state index in [1.807, 2.05) is 48.5 Å². The second kappa shape index (κ2) is 7.79. The molecular weight excluding hydrogens is 326 g/mol. The monoisotopic (exact) mass is 353 g/mol. The van der Waals surface area contributed by atoms with Crippen LogP contribution in [0.5, 0.6) is 5.75 Å². The third-order valence-electron chi connectivity index (χ3n) is 4.66. The van der Waals surface area contributed by atoms with Crippen molar-refractivity contribution in [3.05, 3.63) is 54.6 Å². The van der Waals surface area contributed by atoms with E-state index in [0.29, 0.717) is 5.75 Å². The molecule has 0 spiro atoms. The lowest BCUT2D eigenvalue weighted by molar-refractivity contribution is -0.128. The fourth-order valence-corrected chi connectivity index (χ4v) is 3.00. The van der Waals surface area contributed by atoms with E-state index in [2.05, 4.69) is 28.2 Å². The Morgan fingerprint density at radius 3 is 2.27 bits per heavy atom. The summed E-state index contributed by atoms with van der Waals surface area (Å²) in [6.07, 6.45) is 0. The van der Waals surface area contributed by atoms with Crippen LogP contribution in [0.1, 0.15) is 13.8 Å². The van der Waals surface area contributed by atoms with Gasteiger partial charge in [0.15, 0.2) is 5.60 Å². The Labute approximate surface area is 155 Å². The molecule has 3 rings (SSSR count). The molecule has 0 bridgehead atoms. The van der Waals surface area contributed by atoms with Gasteiger partial charge in [-0.15, -0.1) is 0 Å². The highest BCUT2D eigenvalue weighted by Gasteiger charge is 2.31. The first-order valence-corrected chi connectivity index (χ1v) is 9.04. The smallest absolute Gasteiger partial charge is 0.268 e. The Morgan fingerprint density at radius 2 is 1.58 bits per heavy atom. The van der Waals surface area contributed by atoms with E-state index < -0.39 is 5.60 Å². The van der Waals surface area contributed by atoms with Crippen molar-refractivity contribution < 1.29 is 9.53 Å². The highest BCUT2D eigenvalue weighted by molar-refractivity contribution is 5.99. The summed E-state index contributed by atoms with van der Waals surface area (Å²) in [7, 11) is 2.13. The SMILES string of the molecule is CN1CCN(c2ccccc2NC(=O)C(C)(C)Oc2ccccc2)CC1. The van der Waals surface area contributed by atoms with Crippen LogP contribution in [-0.4, -0.2) is 49.6 Å². The van der Waals surface area contributed by atoms with Crippen LogP contribution in [0.15, 0.2) is 54.6 Å². The Hall–Kier alpha value is -2.53. The number of carbonyl (C=O) groups is 1. The van der Waals surface area contributed by atoms with Gasteiger partial charge in [-0.25, -0.2) is 0 Å². The van der Waals surface area contributed by atoms with Gasteiger partial charge in [0.2, 0.25) is 0 Å². The normalized spacial score (nSPS) is 15.6. The zero-order chi connectivity index (χ0) is 18.6. The van der Waals surface area contributed by atoms with Crippen molar-refractivity contribution in [2.45, 2.75) is 19.4 Å². The molecule has 26 heavy (non-hydrogen) atoms. The molecule has 5 nitrogen and oxygen atoms in total. The number of benzene rings is 2. The molecule has 0 aliphatic carbocycles. The van der Waals surface area contributed by atoms with Crippen LogP contribution in [0.4, 0.5) is 11.4 Å².